The molecule has 0 atom stereocenters. The van der Waals surface area contributed by atoms with Gasteiger partial charge in [-0.05, 0) is 38.0 Å². The highest BCUT2D eigenvalue weighted by atomic mass is 127. The third-order valence-corrected chi connectivity index (χ3v) is 3.33. The maximum absolute atomic E-state index is 13.8. The summed E-state index contributed by atoms with van der Waals surface area (Å²) in [5.74, 6) is 0.283. The predicted molar refractivity (Wildman–Crippen MR) is 110 cm³/mol. The summed E-state index contributed by atoms with van der Waals surface area (Å²) in [6.07, 6.45) is 3.11. The number of nitrogens with one attached hydrogen (secondary N) is 2. The minimum absolute atomic E-state index is 0. The molecule has 0 saturated carbocycles. The number of aliphatic imine (C=N–C) groups is 1. The summed E-state index contributed by atoms with van der Waals surface area (Å²) in [6.45, 7) is 7.27. The molecule has 1 aromatic carbocycles. The highest BCUT2D eigenvalue weighted by molar-refractivity contribution is 14.0. The second-order valence-corrected chi connectivity index (χ2v) is 5.36. The summed E-state index contributed by atoms with van der Waals surface area (Å²) >= 11 is 0. The highest BCUT2D eigenvalue weighted by Gasteiger charge is 2.04. The average molecular weight is 462 g/mol. The third kappa shape index (κ3) is 10.2. The van der Waals surface area contributed by atoms with Crippen molar-refractivity contribution in [3.8, 4) is 6.07 Å². The quantitative estimate of drug-likeness (QED) is 0.242. The van der Waals surface area contributed by atoms with Gasteiger partial charge in [-0.2, -0.15) is 5.26 Å². The van der Waals surface area contributed by atoms with E-state index in [2.05, 4.69) is 22.5 Å². The molecule has 2 N–H and O–H groups in total. The van der Waals surface area contributed by atoms with Crippen LogP contribution in [0.2, 0.25) is 0 Å². The summed E-state index contributed by atoms with van der Waals surface area (Å²) in [6, 6.07) is 6.31. The Morgan fingerprint density at radius 2 is 2.00 bits per heavy atom. The molecule has 25 heavy (non-hydrogen) atoms. The van der Waals surface area contributed by atoms with Crippen LogP contribution in [-0.4, -0.2) is 32.3 Å². The maximum Gasteiger partial charge on any atom is 0.191 e. The molecule has 0 heterocycles. The number of hydrogen-bond acceptors (Lipinski definition) is 3. The van der Waals surface area contributed by atoms with E-state index in [1.165, 1.54) is 18.2 Å². The fraction of sp³-hybridized carbons (Fsp3) is 0.556. The lowest BCUT2D eigenvalue weighted by molar-refractivity contribution is 0.129. The fourth-order valence-electron chi connectivity index (χ4n) is 2.00. The lowest BCUT2D eigenvalue weighted by atomic mass is 10.1. The van der Waals surface area contributed by atoms with E-state index in [-0.39, 0.29) is 36.3 Å². The van der Waals surface area contributed by atoms with E-state index in [0.29, 0.717) is 23.7 Å². The zero-order valence-corrected chi connectivity index (χ0v) is 17.3. The van der Waals surface area contributed by atoms with Crippen LogP contribution in [-0.2, 0) is 11.3 Å². The van der Waals surface area contributed by atoms with E-state index in [4.69, 9.17) is 10.00 Å². The Morgan fingerprint density at radius 3 is 2.68 bits per heavy atom. The number of rotatable bonds is 10. The smallest absolute Gasteiger partial charge is 0.191 e. The molecule has 0 saturated heterocycles. The molecule has 1 aromatic rings. The molecule has 0 amide bonds. The zero-order valence-electron chi connectivity index (χ0n) is 15.0. The van der Waals surface area contributed by atoms with Crippen LogP contribution in [0, 0.1) is 17.1 Å². The molecule has 5 nitrogen and oxygen atoms in total. The van der Waals surface area contributed by atoms with Gasteiger partial charge in [0.1, 0.15) is 5.82 Å². The van der Waals surface area contributed by atoms with E-state index < -0.39 is 0 Å². The standard InChI is InChI=1S/C18H27FN4O.HI/c1-3-5-10-24-11-6-9-22-18(21-4-2)23-14-16-12-15(13-20)7-8-17(16)19;/h7-8,12H,3-6,9-11,14H2,1-2H3,(H2,21,22,23);1H. The van der Waals surface area contributed by atoms with Crippen molar-refractivity contribution in [3.05, 3.63) is 35.1 Å². The third-order valence-electron chi connectivity index (χ3n) is 3.33. The highest BCUT2D eigenvalue weighted by Crippen LogP contribution is 2.11. The number of nitriles is 1. The van der Waals surface area contributed by atoms with Gasteiger partial charge in [0.05, 0.1) is 18.2 Å². The van der Waals surface area contributed by atoms with Crippen LogP contribution in [0.25, 0.3) is 0 Å². The SMILES string of the molecule is CCCCOCCCNC(=NCc1cc(C#N)ccc1F)NCC.I. The minimum Gasteiger partial charge on any atom is -0.381 e. The molecule has 0 aliphatic carbocycles. The van der Waals surface area contributed by atoms with Crippen LogP contribution in [0.5, 0.6) is 0 Å². The Hall–Kier alpha value is -1.40. The topological polar surface area (TPSA) is 69.4 Å². The van der Waals surface area contributed by atoms with Gasteiger partial charge in [0, 0.05) is 31.9 Å². The number of guanidine groups is 1. The van der Waals surface area contributed by atoms with Gasteiger partial charge in [0.15, 0.2) is 5.96 Å². The molecule has 1 rings (SSSR count). The van der Waals surface area contributed by atoms with Gasteiger partial charge in [-0.15, -0.1) is 24.0 Å². The lowest BCUT2D eigenvalue weighted by Crippen LogP contribution is -2.38. The monoisotopic (exact) mass is 462 g/mol. The molecule has 140 valence electrons. The Kier molecular flexibility index (Phi) is 14.1. The Balaban J connectivity index is 0.00000576. The molecule has 0 aliphatic heterocycles. The minimum atomic E-state index is -0.349. The Bertz CT molecular complexity index is 560. The number of ether oxygens (including phenoxy) is 1. The van der Waals surface area contributed by atoms with E-state index >= 15 is 0 Å². The molecule has 0 bridgehead atoms. The Morgan fingerprint density at radius 1 is 1.24 bits per heavy atom. The van der Waals surface area contributed by atoms with Gasteiger partial charge < -0.3 is 15.4 Å². The number of benzene rings is 1. The molecular weight excluding hydrogens is 434 g/mol. The number of hydrogen-bond donors (Lipinski definition) is 2. The molecule has 0 fully saturated rings. The van der Waals surface area contributed by atoms with Gasteiger partial charge in [0.2, 0.25) is 0 Å². The number of nitrogens with zero attached hydrogens (tertiary/aromatic N) is 2. The summed E-state index contributed by atoms with van der Waals surface area (Å²) in [5, 5.41) is 15.2. The Labute approximate surface area is 167 Å². The first-order valence-corrected chi connectivity index (χ1v) is 8.49. The summed E-state index contributed by atoms with van der Waals surface area (Å²) < 4.78 is 19.3. The van der Waals surface area contributed by atoms with E-state index in [1.54, 1.807) is 0 Å². The summed E-state index contributed by atoms with van der Waals surface area (Å²) in [5.41, 5.74) is 0.845. The van der Waals surface area contributed by atoms with Gasteiger partial charge in [0.25, 0.3) is 0 Å². The van der Waals surface area contributed by atoms with Crippen molar-refractivity contribution in [2.75, 3.05) is 26.3 Å². The van der Waals surface area contributed by atoms with Gasteiger partial charge >= 0.3 is 0 Å². The van der Waals surface area contributed by atoms with Crippen LogP contribution in [0.1, 0.15) is 44.2 Å². The summed E-state index contributed by atoms with van der Waals surface area (Å²) in [7, 11) is 0. The van der Waals surface area contributed by atoms with Crippen LogP contribution in [0.4, 0.5) is 4.39 Å². The van der Waals surface area contributed by atoms with Crippen LogP contribution >= 0.6 is 24.0 Å². The number of halogens is 2. The van der Waals surface area contributed by atoms with Gasteiger partial charge in [-0.1, -0.05) is 13.3 Å². The first-order chi connectivity index (χ1) is 11.7. The average Bonchev–Trinajstić information content (AvgIpc) is 2.60. The first-order valence-electron chi connectivity index (χ1n) is 8.49. The normalized spacial score (nSPS) is 10.7. The summed E-state index contributed by atoms with van der Waals surface area (Å²) in [4.78, 5) is 4.37. The molecule has 0 aromatic heterocycles. The van der Waals surface area contributed by atoms with Gasteiger partial charge in [-0.25, -0.2) is 9.38 Å². The van der Waals surface area contributed by atoms with Crippen LogP contribution < -0.4 is 10.6 Å². The fourth-order valence-corrected chi connectivity index (χ4v) is 2.00. The van der Waals surface area contributed by atoms with Crippen molar-refractivity contribution in [1.82, 2.24) is 10.6 Å². The first kappa shape index (κ1) is 23.6. The second kappa shape index (κ2) is 14.9. The van der Waals surface area contributed by atoms with E-state index in [0.717, 1.165) is 39.0 Å². The lowest BCUT2D eigenvalue weighted by Gasteiger charge is -2.11. The van der Waals surface area contributed by atoms with Crippen LogP contribution in [0.3, 0.4) is 0 Å². The van der Waals surface area contributed by atoms with Crippen molar-refractivity contribution in [2.24, 2.45) is 4.99 Å². The molecular formula is C18H28FIN4O. The molecule has 0 spiro atoms. The van der Waals surface area contributed by atoms with Crippen LogP contribution in [0.15, 0.2) is 23.2 Å². The molecule has 0 aliphatic rings. The maximum atomic E-state index is 13.8. The predicted octanol–water partition coefficient (Wildman–Crippen LogP) is 3.58. The second-order valence-electron chi connectivity index (χ2n) is 5.36. The van der Waals surface area contributed by atoms with Crippen molar-refractivity contribution in [3.63, 3.8) is 0 Å². The van der Waals surface area contributed by atoms with Crippen molar-refractivity contribution >= 4 is 29.9 Å². The number of unbranched alkanes of at least 4 members (excludes halogenated alkanes) is 1. The largest absolute Gasteiger partial charge is 0.381 e. The van der Waals surface area contributed by atoms with Gasteiger partial charge in [-0.3, -0.25) is 0 Å². The van der Waals surface area contributed by atoms with Crippen molar-refractivity contribution < 1.29 is 9.13 Å². The van der Waals surface area contributed by atoms with Crippen molar-refractivity contribution in [2.45, 2.75) is 39.7 Å². The molecule has 0 unspecified atom stereocenters. The zero-order chi connectivity index (χ0) is 17.6. The van der Waals surface area contributed by atoms with E-state index in [1.807, 2.05) is 13.0 Å². The molecule has 7 heteroatoms. The molecule has 0 radical (unpaired) electrons. The van der Waals surface area contributed by atoms with E-state index in [9.17, 15) is 4.39 Å². The van der Waals surface area contributed by atoms with Crippen molar-refractivity contribution in [1.29, 1.82) is 5.26 Å².